The quantitative estimate of drug-likeness (QED) is 0.820. The Kier molecular flexibility index (Phi) is 5.17. The third-order valence-corrected chi connectivity index (χ3v) is 3.87. The zero-order chi connectivity index (χ0) is 15.4. The maximum atomic E-state index is 13.9. The number of amides is 1. The number of hydrogen-bond donors (Lipinski definition) is 1. The molecule has 0 aromatic heterocycles. The average Bonchev–Trinajstić information content (AvgIpc) is 2.75. The highest BCUT2D eigenvalue weighted by molar-refractivity contribution is 5.84. The summed E-state index contributed by atoms with van der Waals surface area (Å²) in [6, 6.07) is 4.61. The van der Waals surface area contributed by atoms with Gasteiger partial charge >= 0.3 is 0 Å². The molecular formula is C16H23FN2O2. The van der Waals surface area contributed by atoms with Crippen molar-refractivity contribution < 1.29 is 13.9 Å². The molecule has 116 valence electrons. The van der Waals surface area contributed by atoms with Crippen LogP contribution in [0.25, 0.3) is 0 Å². The van der Waals surface area contributed by atoms with Crippen LogP contribution in [0.4, 0.5) is 4.39 Å². The first-order chi connectivity index (χ1) is 10.1. The molecule has 0 bridgehead atoms. The molecule has 2 atom stereocenters. The van der Waals surface area contributed by atoms with E-state index >= 15 is 0 Å². The highest BCUT2D eigenvalue weighted by atomic mass is 19.1. The van der Waals surface area contributed by atoms with Gasteiger partial charge in [-0.05, 0) is 31.0 Å². The van der Waals surface area contributed by atoms with Crippen LogP contribution in [0.2, 0.25) is 0 Å². The average molecular weight is 294 g/mol. The molecule has 5 heteroatoms. The molecule has 1 heterocycles. The third kappa shape index (κ3) is 3.35. The molecule has 1 amide bonds. The Morgan fingerprint density at radius 3 is 2.76 bits per heavy atom. The van der Waals surface area contributed by atoms with Gasteiger partial charge in [0, 0.05) is 6.54 Å². The fourth-order valence-electron chi connectivity index (χ4n) is 2.67. The van der Waals surface area contributed by atoms with E-state index in [2.05, 4.69) is 12.2 Å². The maximum absolute atomic E-state index is 13.9. The molecule has 0 saturated carbocycles. The first-order valence-electron chi connectivity index (χ1n) is 7.48. The second kappa shape index (κ2) is 6.89. The van der Waals surface area contributed by atoms with E-state index in [0.29, 0.717) is 6.54 Å². The maximum Gasteiger partial charge on any atom is 0.241 e. The minimum Gasteiger partial charge on any atom is -0.494 e. The molecule has 1 aliphatic rings. The number of rotatable bonds is 6. The molecule has 2 rings (SSSR count). The Hall–Kier alpha value is -1.62. The minimum atomic E-state index is -0.405. The van der Waals surface area contributed by atoms with Crippen LogP contribution in [-0.2, 0) is 4.79 Å². The van der Waals surface area contributed by atoms with Crippen LogP contribution >= 0.6 is 0 Å². The summed E-state index contributed by atoms with van der Waals surface area (Å²) in [7, 11) is 1.44. The molecule has 21 heavy (non-hydrogen) atoms. The van der Waals surface area contributed by atoms with Crippen molar-refractivity contribution in [3.63, 3.8) is 0 Å². The van der Waals surface area contributed by atoms with Crippen LogP contribution < -0.4 is 10.1 Å². The number of unbranched alkanes of at least 4 members (excludes halogenated alkanes) is 2. The molecular weight excluding hydrogens is 271 g/mol. The number of carbonyl (C=O) groups excluding carboxylic acids is 1. The summed E-state index contributed by atoms with van der Waals surface area (Å²) in [4.78, 5) is 14.0. The normalized spacial score (nSPS) is 21.9. The van der Waals surface area contributed by atoms with E-state index < -0.39 is 5.82 Å². The van der Waals surface area contributed by atoms with Gasteiger partial charge in [-0.15, -0.1) is 0 Å². The summed E-state index contributed by atoms with van der Waals surface area (Å²) in [5, 5.41) is 3.23. The first kappa shape index (κ1) is 15.8. The summed E-state index contributed by atoms with van der Waals surface area (Å²) in [5.41, 5.74) is 0.752. The first-order valence-corrected chi connectivity index (χ1v) is 7.48. The van der Waals surface area contributed by atoms with Crippen LogP contribution in [0.1, 0.15) is 44.8 Å². The van der Waals surface area contributed by atoms with E-state index in [1.54, 1.807) is 12.1 Å². The molecule has 0 aliphatic carbocycles. The van der Waals surface area contributed by atoms with Gasteiger partial charge in [0.25, 0.3) is 0 Å². The topological polar surface area (TPSA) is 41.6 Å². The molecule has 4 nitrogen and oxygen atoms in total. The van der Waals surface area contributed by atoms with Crippen LogP contribution in [-0.4, -0.2) is 30.5 Å². The summed E-state index contributed by atoms with van der Waals surface area (Å²) >= 11 is 0. The van der Waals surface area contributed by atoms with Gasteiger partial charge in [0.15, 0.2) is 11.6 Å². The van der Waals surface area contributed by atoms with Crippen molar-refractivity contribution in [2.75, 3.05) is 13.7 Å². The van der Waals surface area contributed by atoms with Gasteiger partial charge in [-0.1, -0.05) is 25.8 Å². The van der Waals surface area contributed by atoms with Gasteiger partial charge < -0.3 is 9.64 Å². The van der Waals surface area contributed by atoms with Crippen molar-refractivity contribution >= 4 is 5.91 Å². The Morgan fingerprint density at radius 1 is 1.38 bits per heavy atom. The zero-order valence-electron chi connectivity index (χ0n) is 12.9. The largest absolute Gasteiger partial charge is 0.494 e. The smallest absolute Gasteiger partial charge is 0.241 e. The van der Waals surface area contributed by atoms with Gasteiger partial charge in [-0.2, -0.15) is 0 Å². The molecule has 1 N–H and O–H groups in total. The van der Waals surface area contributed by atoms with Crippen molar-refractivity contribution in [2.45, 2.75) is 45.3 Å². The number of ether oxygens (including phenoxy) is 1. The Balaban J connectivity index is 2.19. The number of benzene rings is 1. The van der Waals surface area contributed by atoms with E-state index in [1.807, 2.05) is 11.8 Å². The van der Waals surface area contributed by atoms with E-state index in [4.69, 9.17) is 4.74 Å². The monoisotopic (exact) mass is 294 g/mol. The summed E-state index contributed by atoms with van der Waals surface area (Å²) < 4.78 is 18.8. The lowest BCUT2D eigenvalue weighted by Crippen LogP contribution is -2.31. The summed E-state index contributed by atoms with van der Waals surface area (Å²) in [6.07, 6.45) is 2.89. The van der Waals surface area contributed by atoms with Gasteiger partial charge in [0.2, 0.25) is 5.91 Å². The van der Waals surface area contributed by atoms with Crippen molar-refractivity contribution in [1.29, 1.82) is 0 Å². The Morgan fingerprint density at radius 2 is 2.14 bits per heavy atom. The zero-order valence-corrected chi connectivity index (χ0v) is 12.9. The highest BCUT2D eigenvalue weighted by Crippen LogP contribution is 2.28. The van der Waals surface area contributed by atoms with E-state index in [0.717, 1.165) is 24.8 Å². The molecule has 1 aromatic rings. The number of halogens is 1. The number of nitrogens with zero attached hydrogens (tertiary/aromatic N) is 1. The predicted octanol–water partition coefficient (Wildman–Crippen LogP) is 2.84. The van der Waals surface area contributed by atoms with Crippen LogP contribution in [0.15, 0.2) is 18.2 Å². The lowest BCUT2D eigenvalue weighted by molar-refractivity contribution is -0.129. The summed E-state index contributed by atoms with van der Waals surface area (Å²) in [6.45, 7) is 4.67. The number of carbonyl (C=O) groups is 1. The lowest BCUT2D eigenvalue weighted by atomic mass is 10.1. The number of hydrogen-bond acceptors (Lipinski definition) is 3. The molecule has 1 aliphatic heterocycles. The number of nitrogens with one attached hydrogen (secondary N) is 1. The van der Waals surface area contributed by atoms with Crippen molar-refractivity contribution in [3.8, 4) is 5.75 Å². The fourth-order valence-corrected chi connectivity index (χ4v) is 2.67. The van der Waals surface area contributed by atoms with Gasteiger partial charge in [-0.3, -0.25) is 10.1 Å². The van der Waals surface area contributed by atoms with Gasteiger partial charge in [0.05, 0.1) is 13.2 Å². The fraction of sp³-hybridized carbons (Fsp3) is 0.562. The van der Waals surface area contributed by atoms with Crippen molar-refractivity contribution in [1.82, 2.24) is 10.2 Å². The second-order valence-electron chi connectivity index (χ2n) is 5.42. The standard InChI is InChI=1S/C16H23FN2O2/c1-4-5-6-9-19-15(18-11(2)16(19)20)12-7-8-14(21-3)13(17)10-12/h7-8,10-11,15,18H,4-6,9H2,1-3H3. The Labute approximate surface area is 125 Å². The van der Waals surface area contributed by atoms with E-state index in [1.165, 1.54) is 13.2 Å². The summed E-state index contributed by atoms with van der Waals surface area (Å²) in [5.74, 6) is -0.113. The molecule has 1 fully saturated rings. The van der Waals surface area contributed by atoms with Crippen molar-refractivity contribution in [3.05, 3.63) is 29.6 Å². The molecule has 1 saturated heterocycles. The third-order valence-electron chi connectivity index (χ3n) is 3.87. The number of methoxy groups -OCH3 is 1. The van der Waals surface area contributed by atoms with Crippen molar-refractivity contribution in [2.24, 2.45) is 0 Å². The van der Waals surface area contributed by atoms with E-state index in [9.17, 15) is 9.18 Å². The molecule has 0 radical (unpaired) electrons. The van der Waals surface area contributed by atoms with Crippen LogP contribution in [0.5, 0.6) is 5.75 Å². The minimum absolute atomic E-state index is 0.0762. The molecule has 1 aromatic carbocycles. The van der Waals surface area contributed by atoms with E-state index in [-0.39, 0.29) is 23.9 Å². The second-order valence-corrected chi connectivity index (χ2v) is 5.42. The van der Waals surface area contributed by atoms with Gasteiger partial charge in [0.1, 0.15) is 6.17 Å². The lowest BCUT2D eigenvalue weighted by Gasteiger charge is -2.24. The highest BCUT2D eigenvalue weighted by Gasteiger charge is 2.36. The Bertz CT molecular complexity index is 507. The molecule has 2 unspecified atom stereocenters. The SMILES string of the molecule is CCCCCN1C(=O)C(C)NC1c1ccc(OC)c(F)c1. The van der Waals surface area contributed by atoms with Gasteiger partial charge in [-0.25, -0.2) is 4.39 Å². The van der Waals surface area contributed by atoms with Crippen LogP contribution in [0, 0.1) is 5.82 Å². The van der Waals surface area contributed by atoms with Crippen LogP contribution in [0.3, 0.4) is 0 Å². The predicted molar refractivity (Wildman–Crippen MR) is 79.5 cm³/mol. The molecule has 0 spiro atoms.